The van der Waals surface area contributed by atoms with Crippen LogP contribution in [0.1, 0.15) is 15.9 Å². The minimum Gasteiger partial charge on any atom is -0.493 e. The minimum absolute atomic E-state index is 0.0312. The topological polar surface area (TPSA) is 70.4 Å². The monoisotopic (exact) mass is 446 g/mol. The normalized spacial score (nSPS) is 10.8. The number of Topliss-reactive ketones (excluding diaryl/α,β-unsaturated/α-hetero) is 1. The number of carbonyl (C=O) groups is 1. The molecule has 0 saturated heterocycles. The molecule has 0 radical (unpaired) electrons. The summed E-state index contributed by atoms with van der Waals surface area (Å²) in [5.74, 6) is 1.18. The number of fused-ring (bicyclic) bond motifs is 1. The highest BCUT2D eigenvalue weighted by Gasteiger charge is 2.17. The Kier molecular flexibility index (Phi) is 6.28. The molecule has 4 rings (SSSR count). The van der Waals surface area contributed by atoms with E-state index in [0.29, 0.717) is 38.8 Å². The highest BCUT2D eigenvalue weighted by atomic mass is 32.2. The number of aromatic nitrogens is 2. The van der Waals surface area contributed by atoms with E-state index in [0.717, 1.165) is 5.56 Å². The van der Waals surface area contributed by atoms with Crippen LogP contribution in [0.5, 0.6) is 11.5 Å². The molecule has 32 heavy (non-hydrogen) atoms. The van der Waals surface area contributed by atoms with Crippen molar-refractivity contribution < 1.29 is 14.3 Å². The first-order chi connectivity index (χ1) is 15.5. The van der Waals surface area contributed by atoms with Gasteiger partial charge in [0.1, 0.15) is 0 Å². The van der Waals surface area contributed by atoms with E-state index in [4.69, 9.17) is 14.5 Å². The zero-order valence-electron chi connectivity index (χ0n) is 18.0. The first-order valence-electron chi connectivity index (χ1n) is 9.98. The Hall–Kier alpha value is -3.58. The highest BCUT2D eigenvalue weighted by Crippen LogP contribution is 2.30. The first kappa shape index (κ1) is 21.6. The second-order valence-electron chi connectivity index (χ2n) is 7.17. The molecule has 0 saturated carbocycles. The number of nitrogens with zero attached hydrogens (tertiary/aromatic N) is 2. The van der Waals surface area contributed by atoms with Gasteiger partial charge in [-0.2, -0.15) is 0 Å². The molecule has 0 amide bonds. The number of rotatable bonds is 7. The molecule has 3 aromatic carbocycles. The number of benzene rings is 3. The van der Waals surface area contributed by atoms with Gasteiger partial charge >= 0.3 is 0 Å². The van der Waals surface area contributed by atoms with Crippen molar-refractivity contribution in [2.45, 2.75) is 12.1 Å². The lowest BCUT2D eigenvalue weighted by Crippen LogP contribution is -2.22. The lowest BCUT2D eigenvalue weighted by atomic mass is 10.1. The average molecular weight is 447 g/mol. The van der Waals surface area contributed by atoms with Gasteiger partial charge in [0.25, 0.3) is 5.56 Å². The summed E-state index contributed by atoms with van der Waals surface area (Å²) < 4.78 is 12.2. The van der Waals surface area contributed by atoms with Crippen LogP contribution >= 0.6 is 11.8 Å². The van der Waals surface area contributed by atoms with Crippen LogP contribution in [0, 0.1) is 6.92 Å². The van der Waals surface area contributed by atoms with E-state index in [-0.39, 0.29) is 17.1 Å². The molecule has 162 valence electrons. The Morgan fingerprint density at radius 2 is 1.69 bits per heavy atom. The molecule has 6 nitrogen and oxygen atoms in total. The standard InChI is InChI=1S/C25H22N2O4S/c1-16-8-10-17(11-9-16)21(28)15-32-25-26-20-7-5-4-6-19(20)24(29)27(25)18-12-13-22(30-2)23(14-18)31-3/h4-14H,15H2,1-3H3. The van der Waals surface area contributed by atoms with Gasteiger partial charge in [0.15, 0.2) is 22.4 Å². The number of para-hydroxylation sites is 1. The molecular weight excluding hydrogens is 424 g/mol. The molecule has 0 fully saturated rings. The Balaban J connectivity index is 1.78. The third-order valence-corrected chi connectivity index (χ3v) is 6.01. The lowest BCUT2D eigenvalue weighted by Gasteiger charge is -2.15. The fourth-order valence-electron chi connectivity index (χ4n) is 3.35. The number of thioether (sulfide) groups is 1. The molecule has 1 heterocycles. The van der Waals surface area contributed by atoms with Crippen LogP contribution in [0.15, 0.2) is 76.7 Å². The molecule has 0 aliphatic carbocycles. The largest absolute Gasteiger partial charge is 0.493 e. The molecule has 1 aromatic heterocycles. The van der Waals surface area contributed by atoms with Crippen LogP contribution in [0.3, 0.4) is 0 Å². The molecule has 0 spiro atoms. The van der Waals surface area contributed by atoms with E-state index >= 15 is 0 Å². The summed E-state index contributed by atoms with van der Waals surface area (Å²) >= 11 is 1.23. The van der Waals surface area contributed by atoms with Gasteiger partial charge in [0.05, 0.1) is 36.6 Å². The third-order valence-electron chi connectivity index (χ3n) is 5.08. The summed E-state index contributed by atoms with van der Waals surface area (Å²) in [5, 5.41) is 0.929. The number of ketones is 1. The molecule has 7 heteroatoms. The van der Waals surface area contributed by atoms with Gasteiger partial charge in [-0.3, -0.25) is 14.2 Å². The molecule has 0 atom stereocenters. The molecular formula is C25H22N2O4S. The maximum atomic E-state index is 13.4. The Labute approximate surface area is 189 Å². The Morgan fingerprint density at radius 1 is 0.969 bits per heavy atom. The maximum Gasteiger partial charge on any atom is 0.266 e. The second-order valence-corrected chi connectivity index (χ2v) is 8.11. The lowest BCUT2D eigenvalue weighted by molar-refractivity contribution is 0.102. The van der Waals surface area contributed by atoms with Gasteiger partial charge in [0.2, 0.25) is 0 Å². The van der Waals surface area contributed by atoms with Crippen molar-refractivity contribution in [2.24, 2.45) is 0 Å². The van der Waals surface area contributed by atoms with Crippen molar-refractivity contribution in [2.75, 3.05) is 20.0 Å². The Bertz CT molecular complexity index is 1350. The third kappa shape index (κ3) is 4.24. The molecule has 0 unspecified atom stereocenters. The van der Waals surface area contributed by atoms with E-state index in [1.165, 1.54) is 16.3 Å². The van der Waals surface area contributed by atoms with E-state index in [1.807, 2.05) is 37.3 Å². The van der Waals surface area contributed by atoms with Crippen molar-refractivity contribution in [3.8, 4) is 17.2 Å². The van der Waals surface area contributed by atoms with Crippen LogP contribution in [-0.2, 0) is 0 Å². The predicted octanol–water partition coefficient (Wildman–Crippen LogP) is 4.69. The highest BCUT2D eigenvalue weighted by molar-refractivity contribution is 7.99. The summed E-state index contributed by atoms with van der Waals surface area (Å²) in [6.45, 7) is 1.98. The zero-order valence-corrected chi connectivity index (χ0v) is 18.8. The number of ether oxygens (including phenoxy) is 2. The molecule has 0 aliphatic heterocycles. The van der Waals surface area contributed by atoms with Crippen molar-refractivity contribution in [3.05, 3.63) is 88.2 Å². The van der Waals surface area contributed by atoms with Crippen molar-refractivity contribution in [1.29, 1.82) is 0 Å². The quantitative estimate of drug-likeness (QED) is 0.233. The van der Waals surface area contributed by atoms with Crippen LogP contribution in [0.2, 0.25) is 0 Å². The molecule has 0 N–H and O–H groups in total. The van der Waals surface area contributed by atoms with Crippen molar-refractivity contribution >= 4 is 28.4 Å². The first-order valence-corrected chi connectivity index (χ1v) is 11.0. The number of carbonyl (C=O) groups excluding carboxylic acids is 1. The minimum atomic E-state index is -0.215. The number of hydrogen-bond acceptors (Lipinski definition) is 6. The van der Waals surface area contributed by atoms with Crippen LogP contribution in [-0.4, -0.2) is 35.3 Å². The molecule has 4 aromatic rings. The summed E-state index contributed by atoms with van der Waals surface area (Å²) in [6, 6.07) is 19.8. The molecule has 0 bridgehead atoms. The fourth-order valence-corrected chi connectivity index (χ4v) is 4.26. The number of hydrogen-bond donors (Lipinski definition) is 0. The maximum absolute atomic E-state index is 13.4. The van der Waals surface area contributed by atoms with Gasteiger partial charge in [-0.15, -0.1) is 0 Å². The SMILES string of the molecule is COc1ccc(-n2c(SCC(=O)c3ccc(C)cc3)nc3ccccc3c2=O)cc1OC. The predicted molar refractivity (Wildman–Crippen MR) is 127 cm³/mol. The van der Waals surface area contributed by atoms with Gasteiger partial charge in [0, 0.05) is 11.6 Å². The van der Waals surface area contributed by atoms with Gasteiger partial charge < -0.3 is 9.47 Å². The second kappa shape index (κ2) is 9.28. The van der Waals surface area contributed by atoms with Gasteiger partial charge in [-0.1, -0.05) is 53.7 Å². The smallest absolute Gasteiger partial charge is 0.266 e. The molecule has 0 aliphatic rings. The van der Waals surface area contributed by atoms with Crippen molar-refractivity contribution in [1.82, 2.24) is 9.55 Å². The summed E-state index contributed by atoms with van der Waals surface area (Å²) in [7, 11) is 3.10. The van der Waals surface area contributed by atoms with Crippen LogP contribution in [0.4, 0.5) is 0 Å². The average Bonchev–Trinajstić information content (AvgIpc) is 2.82. The summed E-state index contributed by atoms with van der Waals surface area (Å²) in [4.78, 5) is 30.8. The summed E-state index contributed by atoms with van der Waals surface area (Å²) in [5.41, 5.74) is 2.67. The number of methoxy groups -OCH3 is 2. The number of aryl methyl sites for hydroxylation is 1. The van der Waals surface area contributed by atoms with E-state index < -0.39 is 0 Å². The van der Waals surface area contributed by atoms with E-state index in [1.54, 1.807) is 50.6 Å². The summed E-state index contributed by atoms with van der Waals surface area (Å²) in [6.07, 6.45) is 0. The zero-order chi connectivity index (χ0) is 22.7. The van der Waals surface area contributed by atoms with E-state index in [9.17, 15) is 9.59 Å². The van der Waals surface area contributed by atoms with E-state index in [2.05, 4.69) is 0 Å². The van der Waals surface area contributed by atoms with Gasteiger partial charge in [-0.05, 0) is 31.2 Å². The van der Waals surface area contributed by atoms with Gasteiger partial charge in [-0.25, -0.2) is 4.98 Å². The van der Waals surface area contributed by atoms with Crippen LogP contribution in [0.25, 0.3) is 16.6 Å². The van der Waals surface area contributed by atoms with Crippen molar-refractivity contribution in [3.63, 3.8) is 0 Å². The fraction of sp³-hybridized carbons (Fsp3) is 0.160. The van der Waals surface area contributed by atoms with Crippen LogP contribution < -0.4 is 15.0 Å². The Morgan fingerprint density at radius 3 is 2.41 bits per heavy atom.